The molecule has 1 heterocycles. The minimum atomic E-state index is -1.58. The number of hydrogen-bond donors (Lipinski definition) is 10. The molecule has 19 heteroatoms. The van der Waals surface area contributed by atoms with Crippen LogP contribution in [0.5, 0.6) is 0 Å². The number of aliphatic carboxylic acids is 1. The average Bonchev–Trinajstić information content (AvgIpc) is 3.58. The molecule has 0 aliphatic carbocycles. The Kier molecular flexibility index (Phi) is 17.4. The van der Waals surface area contributed by atoms with Gasteiger partial charge < -0.3 is 59.3 Å². The molecule has 0 bridgehead atoms. The largest absolute Gasteiger partial charge is 0.480 e. The third-order valence-corrected chi connectivity index (χ3v) is 8.22. The number of hydrogen-bond acceptors (Lipinski definition) is 10. The van der Waals surface area contributed by atoms with E-state index in [0.29, 0.717) is 18.4 Å². The lowest BCUT2D eigenvalue weighted by molar-refractivity contribution is -0.149. The number of aliphatic hydroxyl groups is 1. The van der Waals surface area contributed by atoms with Gasteiger partial charge in [0.05, 0.1) is 19.1 Å². The minimum Gasteiger partial charge on any atom is -0.480 e. The summed E-state index contributed by atoms with van der Waals surface area (Å²) in [5, 5.41) is 29.6. The third kappa shape index (κ3) is 14.1. The second kappa shape index (κ2) is 21.2. The summed E-state index contributed by atoms with van der Waals surface area (Å²) in [6.07, 6.45) is 0.608. The van der Waals surface area contributed by atoms with Gasteiger partial charge >= 0.3 is 5.97 Å². The van der Waals surface area contributed by atoms with Gasteiger partial charge in [0.25, 0.3) is 0 Å². The van der Waals surface area contributed by atoms with E-state index in [1.54, 1.807) is 30.3 Å². The molecule has 0 spiro atoms. The molecule has 288 valence electrons. The van der Waals surface area contributed by atoms with Crippen LogP contribution in [0.4, 0.5) is 0 Å². The molecular formula is C33H52N10O9. The number of amides is 6. The van der Waals surface area contributed by atoms with E-state index in [2.05, 4.69) is 26.3 Å². The molecule has 1 aliphatic heterocycles. The zero-order valence-corrected chi connectivity index (χ0v) is 29.5. The summed E-state index contributed by atoms with van der Waals surface area (Å²) in [5.74, 6) is -6.49. The fraction of sp³-hybridized carbons (Fsp3) is 0.576. The Bertz CT molecular complexity index is 1440. The number of aliphatic imine (C=N–C) groups is 1. The van der Waals surface area contributed by atoms with Gasteiger partial charge in [-0.2, -0.15) is 0 Å². The SMILES string of the molecule is CC(C)C[C@H](NC(=O)[C@@H](N)CCCN=C(N)N)C(=O)N[C@@H](CO)C(=O)N[C@@H](Cc1ccccc1)C(=O)N[C@@H](CC(N)=O)C(=O)N1CCC[C@H]1C(=O)O. The summed E-state index contributed by atoms with van der Waals surface area (Å²) in [4.78, 5) is 95.3. The first-order valence-electron chi connectivity index (χ1n) is 17.0. The summed E-state index contributed by atoms with van der Waals surface area (Å²) in [7, 11) is 0. The van der Waals surface area contributed by atoms with Crippen molar-refractivity contribution in [1.29, 1.82) is 0 Å². The molecule has 2 rings (SSSR count). The lowest BCUT2D eigenvalue weighted by Gasteiger charge is -2.29. The Morgan fingerprint density at radius 3 is 2.02 bits per heavy atom. The number of benzene rings is 1. The molecule has 6 amide bonds. The van der Waals surface area contributed by atoms with Crippen molar-refractivity contribution in [3.8, 4) is 0 Å². The molecule has 0 radical (unpaired) electrons. The van der Waals surface area contributed by atoms with Gasteiger partial charge in [0.2, 0.25) is 35.4 Å². The van der Waals surface area contributed by atoms with Gasteiger partial charge in [0, 0.05) is 19.5 Å². The van der Waals surface area contributed by atoms with Gasteiger partial charge in [-0.05, 0) is 43.6 Å². The van der Waals surface area contributed by atoms with Crippen LogP contribution >= 0.6 is 0 Å². The Balaban J connectivity index is 2.24. The highest BCUT2D eigenvalue weighted by Gasteiger charge is 2.39. The average molecular weight is 733 g/mol. The highest BCUT2D eigenvalue weighted by Crippen LogP contribution is 2.19. The van der Waals surface area contributed by atoms with E-state index in [1.807, 2.05) is 13.8 Å². The summed E-state index contributed by atoms with van der Waals surface area (Å²) >= 11 is 0. The maximum atomic E-state index is 13.7. The topological polar surface area (TPSA) is 328 Å². The first-order chi connectivity index (χ1) is 24.5. The number of carbonyl (C=O) groups excluding carboxylic acids is 6. The second-order valence-electron chi connectivity index (χ2n) is 13.0. The number of nitrogens with one attached hydrogen (secondary N) is 4. The second-order valence-corrected chi connectivity index (χ2v) is 13.0. The molecule has 1 aliphatic rings. The summed E-state index contributed by atoms with van der Waals surface area (Å²) < 4.78 is 0. The summed E-state index contributed by atoms with van der Waals surface area (Å²) in [5.41, 5.74) is 22.6. The zero-order chi connectivity index (χ0) is 39.0. The van der Waals surface area contributed by atoms with Crippen LogP contribution < -0.4 is 44.2 Å². The Morgan fingerprint density at radius 2 is 1.44 bits per heavy atom. The zero-order valence-electron chi connectivity index (χ0n) is 29.5. The van der Waals surface area contributed by atoms with E-state index in [9.17, 15) is 43.8 Å². The van der Waals surface area contributed by atoms with Gasteiger partial charge in [-0.3, -0.25) is 33.8 Å². The molecule has 19 nitrogen and oxygen atoms in total. The van der Waals surface area contributed by atoms with Crippen molar-refractivity contribution in [2.24, 2.45) is 33.8 Å². The number of nitrogens with two attached hydrogens (primary N) is 4. The van der Waals surface area contributed by atoms with E-state index in [0.717, 1.165) is 4.90 Å². The van der Waals surface area contributed by atoms with E-state index in [1.165, 1.54) is 0 Å². The van der Waals surface area contributed by atoms with E-state index < -0.39 is 90.7 Å². The van der Waals surface area contributed by atoms with E-state index >= 15 is 0 Å². The number of carbonyl (C=O) groups is 7. The highest BCUT2D eigenvalue weighted by atomic mass is 16.4. The number of guanidine groups is 1. The summed E-state index contributed by atoms with van der Waals surface area (Å²) in [6, 6.07) is 0.684. The molecule has 1 aromatic carbocycles. The van der Waals surface area contributed by atoms with Crippen molar-refractivity contribution in [3.63, 3.8) is 0 Å². The van der Waals surface area contributed by atoms with Crippen molar-refractivity contribution in [2.75, 3.05) is 19.7 Å². The standard InChI is InChI=1S/C33H52N10O9/c1-18(2)14-21(39-27(46)20(34)10-6-12-38-33(36)37)28(47)42-24(17-44)30(49)40-22(15-19-8-4-3-5-9-19)29(48)41-23(16-26(35)45)31(50)43-13-7-11-25(43)32(51)52/h3-5,8-9,18,20-25,44H,6-7,10-17,34H2,1-2H3,(H2,35,45)(H,39,46)(H,40,49)(H,41,48)(H,42,47)(H,51,52)(H4,36,37,38)/t20-,21-,22-,23-,24-,25-/m0/s1. The molecule has 0 aromatic heterocycles. The summed E-state index contributed by atoms with van der Waals surface area (Å²) in [6.45, 7) is 3.07. The van der Waals surface area contributed by atoms with Crippen LogP contribution in [-0.2, 0) is 40.0 Å². The van der Waals surface area contributed by atoms with E-state index in [-0.39, 0.29) is 50.7 Å². The molecule has 0 unspecified atom stereocenters. The maximum Gasteiger partial charge on any atom is 0.326 e. The van der Waals surface area contributed by atoms with E-state index in [4.69, 9.17) is 22.9 Å². The Labute approximate surface area is 301 Å². The van der Waals surface area contributed by atoms with Gasteiger partial charge in [-0.1, -0.05) is 44.2 Å². The van der Waals surface area contributed by atoms with Crippen LogP contribution in [0, 0.1) is 5.92 Å². The fourth-order valence-corrected chi connectivity index (χ4v) is 5.59. The first kappa shape index (κ1) is 42.9. The number of aliphatic hydroxyl groups excluding tert-OH is 1. The molecular weight excluding hydrogens is 680 g/mol. The molecule has 6 atom stereocenters. The third-order valence-electron chi connectivity index (χ3n) is 8.22. The van der Waals surface area contributed by atoms with Gasteiger partial charge in [0.15, 0.2) is 5.96 Å². The van der Waals surface area contributed by atoms with Crippen molar-refractivity contribution in [3.05, 3.63) is 35.9 Å². The van der Waals surface area contributed by atoms with Gasteiger partial charge in [-0.15, -0.1) is 0 Å². The quantitative estimate of drug-likeness (QED) is 0.0335. The normalized spacial score (nSPS) is 16.8. The highest BCUT2D eigenvalue weighted by molar-refractivity contribution is 5.97. The number of primary amides is 1. The molecule has 14 N–H and O–H groups in total. The minimum absolute atomic E-state index is 0.0862. The van der Waals surface area contributed by atoms with Gasteiger partial charge in [-0.25, -0.2) is 4.79 Å². The van der Waals surface area contributed by atoms with Crippen LogP contribution in [0.25, 0.3) is 0 Å². The molecule has 1 aromatic rings. The Morgan fingerprint density at radius 1 is 0.865 bits per heavy atom. The molecule has 1 fully saturated rings. The molecule has 1 saturated heterocycles. The smallest absolute Gasteiger partial charge is 0.326 e. The predicted octanol–water partition coefficient (Wildman–Crippen LogP) is -3.46. The van der Waals surface area contributed by atoms with Crippen molar-refractivity contribution in [2.45, 2.75) is 95.0 Å². The maximum absolute atomic E-state index is 13.7. The van der Waals surface area contributed by atoms with Crippen molar-refractivity contribution < 1.29 is 43.8 Å². The number of nitrogens with zero attached hydrogens (tertiary/aromatic N) is 2. The molecule has 0 saturated carbocycles. The van der Waals surface area contributed by atoms with Crippen LogP contribution in [0.1, 0.15) is 57.9 Å². The number of carboxylic acids is 1. The first-order valence-corrected chi connectivity index (χ1v) is 17.0. The predicted molar refractivity (Wildman–Crippen MR) is 188 cm³/mol. The van der Waals surface area contributed by atoms with Crippen molar-refractivity contribution in [1.82, 2.24) is 26.2 Å². The van der Waals surface area contributed by atoms with Gasteiger partial charge in [0.1, 0.15) is 30.2 Å². The van der Waals surface area contributed by atoms with Crippen LogP contribution in [0.3, 0.4) is 0 Å². The molecule has 52 heavy (non-hydrogen) atoms. The number of carboxylic acid groups (broad SMARTS) is 1. The van der Waals surface area contributed by atoms with Crippen LogP contribution in [0.2, 0.25) is 0 Å². The Hall–Kier alpha value is -5.30. The monoisotopic (exact) mass is 732 g/mol. The number of rotatable bonds is 21. The van der Waals surface area contributed by atoms with Crippen molar-refractivity contribution >= 4 is 47.4 Å². The van der Waals surface area contributed by atoms with Crippen LogP contribution in [0.15, 0.2) is 35.3 Å². The lowest BCUT2D eigenvalue weighted by atomic mass is 10.0. The lowest BCUT2D eigenvalue weighted by Crippen LogP contribution is -2.60. The number of likely N-dealkylation sites (tertiary alicyclic amines) is 1. The van der Waals surface area contributed by atoms with Crippen LogP contribution in [-0.4, -0.2) is 118 Å². The fourth-order valence-electron chi connectivity index (χ4n) is 5.59.